The normalized spacial score (nSPS) is 11.4. The lowest BCUT2D eigenvalue weighted by atomic mass is 10.2. The quantitative estimate of drug-likeness (QED) is 0.821. The first-order valence-corrected chi connectivity index (χ1v) is 6.74. The molecule has 0 spiro atoms. The van der Waals surface area contributed by atoms with Crippen molar-refractivity contribution in [2.45, 2.75) is 0 Å². The highest BCUT2D eigenvalue weighted by molar-refractivity contribution is 7.07. The van der Waals surface area contributed by atoms with Crippen LogP contribution in [0.25, 0.3) is 12.7 Å². The van der Waals surface area contributed by atoms with Gasteiger partial charge in [-0.2, -0.15) is 0 Å². The number of ether oxygens (including phenoxy) is 2. The molecule has 0 radical (unpaired) electrons. The maximum Gasteiger partial charge on any atom is 0.341 e. The molecule has 1 aromatic carbocycles. The van der Waals surface area contributed by atoms with Crippen LogP contribution < -0.4 is 24.2 Å². The SMILES string of the molecule is C=c1[nH]c(=O)/c(=C/c2cccc(OC)c2OCC(=O)O)s1. The number of carboxylic acids is 1. The smallest absolute Gasteiger partial charge is 0.341 e. The Bertz CT molecular complexity index is 821. The average molecular weight is 307 g/mol. The Morgan fingerprint density at radius 2 is 2.29 bits per heavy atom. The average Bonchev–Trinajstić information content (AvgIpc) is 2.75. The molecule has 1 heterocycles. The number of para-hydroxylation sites is 1. The zero-order valence-corrected chi connectivity index (χ0v) is 12.0. The minimum Gasteiger partial charge on any atom is -0.493 e. The molecule has 0 aliphatic carbocycles. The molecule has 2 rings (SSSR count). The molecule has 0 unspecified atom stereocenters. The van der Waals surface area contributed by atoms with Crippen molar-refractivity contribution in [3.8, 4) is 11.5 Å². The summed E-state index contributed by atoms with van der Waals surface area (Å²) in [6, 6.07) is 5.09. The van der Waals surface area contributed by atoms with E-state index >= 15 is 0 Å². The number of carboxylic acid groups (broad SMARTS) is 1. The summed E-state index contributed by atoms with van der Waals surface area (Å²) in [6.45, 7) is 3.17. The second kappa shape index (κ2) is 6.27. The third-order valence-electron chi connectivity index (χ3n) is 2.57. The number of aromatic nitrogens is 1. The molecule has 2 aromatic rings. The Morgan fingerprint density at radius 3 is 2.86 bits per heavy atom. The number of H-pyrrole nitrogens is 1. The highest BCUT2D eigenvalue weighted by Gasteiger charge is 2.11. The van der Waals surface area contributed by atoms with Gasteiger partial charge in [-0.1, -0.05) is 18.7 Å². The van der Waals surface area contributed by atoms with Gasteiger partial charge in [0, 0.05) is 5.56 Å². The molecule has 1 aromatic heterocycles. The summed E-state index contributed by atoms with van der Waals surface area (Å²) in [6.07, 6.45) is 1.61. The largest absolute Gasteiger partial charge is 0.493 e. The predicted molar refractivity (Wildman–Crippen MR) is 79.4 cm³/mol. The molecule has 0 aliphatic heterocycles. The van der Waals surface area contributed by atoms with Crippen LogP contribution >= 0.6 is 11.3 Å². The van der Waals surface area contributed by atoms with E-state index in [4.69, 9.17) is 14.6 Å². The first-order chi connectivity index (χ1) is 10.0. The summed E-state index contributed by atoms with van der Waals surface area (Å²) in [5.41, 5.74) is 0.306. The molecule has 2 N–H and O–H groups in total. The molecule has 0 fully saturated rings. The van der Waals surface area contributed by atoms with Crippen LogP contribution in [0, 0.1) is 0 Å². The van der Waals surface area contributed by atoms with E-state index in [-0.39, 0.29) is 11.3 Å². The molecule has 0 atom stereocenters. The van der Waals surface area contributed by atoms with Gasteiger partial charge in [-0.15, -0.1) is 11.3 Å². The summed E-state index contributed by atoms with van der Waals surface area (Å²) in [4.78, 5) is 24.9. The van der Waals surface area contributed by atoms with Gasteiger partial charge in [-0.25, -0.2) is 4.79 Å². The van der Waals surface area contributed by atoms with E-state index < -0.39 is 12.6 Å². The van der Waals surface area contributed by atoms with Crippen LogP contribution in [0.5, 0.6) is 11.5 Å². The highest BCUT2D eigenvalue weighted by Crippen LogP contribution is 2.31. The van der Waals surface area contributed by atoms with E-state index in [1.165, 1.54) is 18.4 Å². The van der Waals surface area contributed by atoms with E-state index in [2.05, 4.69) is 11.6 Å². The van der Waals surface area contributed by atoms with Crippen LogP contribution in [0.15, 0.2) is 23.0 Å². The Labute approximate surface area is 123 Å². The van der Waals surface area contributed by atoms with Gasteiger partial charge in [0.25, 0.3) is 5.56 Å². The summed E-state index contributed by atoms with van der Waals surface area (Å²) < 4.78 is 11.4. The Balaban J connectivity index is 2.55. The Kier molecular flexibility index (Phi) is 4.44. The van der Waals surface area contributed by atoms with Crippen LogP contribution in [-0.4, -0.2) is 29.8 Å². The molecule has 110 valence electrons. The van der Waals surface area contributed by atoms with Gasteiger partial charge < -0.3 is 19.6 Å². The third-order valence-corrected chi connectivity index (χ3v) is 3.44. The number of thiazole rings is 1. The fourth-order valence-electron chi connectivity index (χ4n) is 1.72. The maximum atomic E-state index is 11.7. The zero-order valence-electron chi connectivity index (χ0n) is 11.2. The van der Waals surface area contributed by atoms with Crippen molar-refractivity contribution >= 4 is 30.0 Å². The molecule has 21 heavy (non-hydrogen) atoms. The van der Waals surface area contributed by atoms with Crippen LogP contribution in [0.1, 0.15) is 5.56 Å². The Morgan fingerprint density at radius 1 is 1.52 bits per heavy atom. The first-order valence-electron chi connectivity index (χ1n) is 5.92. The monoisotopic (exact) mass is 307 g/mol. The molecule has 0 bridgehead atoms. The molecule has 0 saturated carbocycles. The number of aromatic amines is 1. The molecule has 7 heteroatoms. The van der Waals surface area contributed by atoms with Gasteiger partial charge in [0.1, 0.15) is 0 Å². The fraction of sp³-hybridized carbons (Fsp3) is 0.143. The number of carbonyl (C=O) groups is 1. The maximum absolute atomic E-state index is 11.7. The van der Waals surface area contributed by atoms with Crippen molar-refractivity contribution in [1.29, 1.82) is 0 Å². The molecule has 0 amide bonds. The predicted octanol–water partition coefficient (Wildman–Crippen LogP) is 0.148. The number of benzene rings is 1. The lowest BCUT2D eigenvalue weighted by Crippen LogP contribution is -2.20. The van der Waals surface area contributed by atoms with Crippen molar-refractivity contribution < 1.29 is 19.4 Å². The Hall–Kier alpha value is -2.54. The van der Waals surface area contributed by atoms with Crippen LogP contribution in [0.2, 0.25) is 0 Å². The lowest BCUT2D eigenvalue weighted by molar-refractivity contribution is -0.139. The van der Waals surface area contributed by atoms with Gasteiger partial charge >= 0.3 is 5.97 Å². The number of rotatable bonds is 5. The van der Waals surface area contributed by atoms with Crippen LogP contribution in [-0.2, 0) is 4.79 Å². The van der Waals surface area contributed by atoms with Crippen LogP contribution in [0.3, 0.4) is 0 Å². The summed E-state index contributed by atoms with van der Waals surface area (Å²) in [5, 5.41) is 8.73. The first kappa shape index (κ1) is 14.9. The van der Waals surface area contributed by atoms with E-state index in [0.29, 0.717) is 20.5 Å². The third kappa shape index (κ3) is 3.51. The standard InChI is InChI=1S/C14H13NO5S/c1-8-15-14(18)11(21-8)6-9-4-3-5-10(19-2)13(9)20-7-12(16)17/h3-6H,1,7H2,2H3,(H,15,18)(H,16,17)/b11-6-. The summed E-state index contributed by atoms with van der Waals surface area (Å²) in [7, 11) is 1.46. The van der Waals surface area contributed by atoms with Gasteiger partial charge in [0.2, 0.25) is 0 Å². The van der Waals surface area contributed by atoms with Gasteiger partial charge in [0.05, 0.1) is 16.3 Å². The van der Waals surface area contributed by atoms with Gasteiger partial charge in [-0.3, -0.25) is 4.79 Å². The van der Waals surface area contributed by atoms with Crippen molar-refractivity contribution in [3.05, 3.63) is 43.3 Å². The number of hydrogen-bond acceptors (Lipinski definition) is 5. The van der Waals surface area contributed by atoms with E-state index in [1.54, 1.807) is 24.3 Å². The zero-order chi connectivity index (χ0) is 15.4. The molecular weight excluding hydrogens is 294 g/mol. The number of aliphatic carboxylic acids is 1. The fourth-order valence-corrected chi connectivity index (χ4v) is 2.46. The van der Waals surface area contributed by atoms with Crippen molar-refractivity contribution in [2.24, 2.45) is 0 Å². The van der Waals surface area contributed by atoms with Crippen LogP contribution in [0.4, 0.5) is 0 Å². The second-order valence-corrected chi connectivity index (χ2v) is 5.19. The minimum absolute atomic E-state index is 0.253. The highest BCUT2D eigenvalue weighted by atomic mass is 32.1. The lowest BCUT2D eigenvalue weighted by Gasteiger charge is -2.11. The van der Waals surface area contributed by atoms with Crippen molar-refractivity contribution in [3.63, 3.8) is 0 Å². The minimum atomic E-state index is -1.10. The molecule has 0 aliphatic rings. The van der Waals surface area contributed by atoms with Gasteiger partial charge in [0.15, 0.2) is 18.1 Å². The number of hydrogen-bond donors (Lipinski definition) is 2. The summed E-state index contributed by atoms with van der Waals surface area (Å²) in [5.74, 6) is -0.422. The van der Waals surface area contributed by atoms with E-state index in [9.17, 15) is 9.59 Å². The van der Waals surface area contributed by atoms with Crippen molar-refractivity contribution in [2.75, 3.05) is 13.7 Å². The number of nitrogens with one attached hydrogen (secondary N) is 1. The second-order valence-electron chi connectivity index (χ2n) is 4.05. The van der Waals surface area contributed by atoms with E-state index in [1.807, 2.05) is 0 Å². The topological polar surface area (TPSA) is 88.6 Å². The molecular formula is C14H13NO5S. The van der Waals surface area contributed by atoms with E-state index in [0.717, 1.165) is 0 Å². The number of methoxy groups -OCH3 is 1. The molecule has 6 nitrogen and oxygen atoms in total. The van der Waals surface area contributed by atoms with Gasteiger partial charge in [-0.05, 0) is 12.1 Å². The molecule has 0 saturated heterocycles. The van der Waals surface area contributed by atoms with Crippen molar-refractivity contribution in [1.82, 2.24) is 4.98 Å². The summed E-state index contributed by atoms with van der Waals surface area (Å²) >= 11 is 1.21.